The van der Waals surface area contributed by atoms with E-state index in [4.69, 9.17) is 4.74 Å². The highest BCUT2D eigenvalue weighted by molar-refractivity contribution is 6.09. The van der Waals surface area contributed by atoms with Crippen LogP contribution in [0, 0.1) is 5.82 Å². The molecule has 0 radical (unpaired) electrons. The smallest absolute Gasteiger partial charge is 0.343 e. The lowest BCUT2D eigenvalue weighted by Gasteiger charge is -2.07. The first-order valence-electron chi connectivity index (χ1n) is 10.3. The Bertz CT molecular complexity index is 932. The lowest BCUT2D eigenvalue weighted by Crippen LogP contribution is -2.10. The van der Waals surface area contributed by atoms with Crippen molar-refractivity contribution in [2.24, 2.45) is 0 Å². The van der Waals surface area contributed by atoms with Gasteiger partial charge in [-0.15, -0.1) is 0 Å². The van der Waals surface area contributed by atoms with Crippen LogP contribution in [-0.4, -0.2) is 11.8 Å². The molecule has 0 aliphatic rings. The van der Waals surface area contributed by atoms with Gasteiger partial charge < -0.3 is 4.74 Å². The number of rotatable bonds is 5. The maximum Gasteiger partial charge on any atom is 0.343 e. The van der Waals surface area contributed by atoms with Crippen LogP contribution in [-0.2, 0) is 6.42 Å². The van der Waals surface area contributed by atoms with E-state index < -0.39 is 11.8 Å². The van der Waals surface area contributed by atoms with Gasteiger partial charge >= 0.3 is 5.97 Å². The Morgan fingerprint density at radius 1 is 0.767 bits per heavy atom. The van der Waals surface area contributed by atoms with E-state index in [9.17, 15) is 14.0 Å². The van der Waals surface area contributed by atoms with Crippen LogP contribution in [0.5, 0.6) is 5.75 Å². The van der Waals surface area contributed by atoms with Gasteiger partial charge in [-0.05, 0) is 54.4 Å². The van der Waals surface area contributed by atoms with Gasteiger partial charge in [-0.25, -0.2) is 9.18 Å². The molecule has 0 aliphatic heterocycles. The van der Waals surface area contributed by atoms with E-state index in [1.165, 1.54) is 6.07 Å². The largest absolute Gasteiger partial charge is 0.423 e. The van der Waals surface area contributed by atoms with Crippen LogP contribution in [0.2, 0.25) is 0 Å². The molecule has 158 valence electrons. The average molecular weight is 409 g/mol. The zero-order chi connectivity index (χ0) is 22.5. The van der Waals surface area contributed by atoms with Crippen LogP contribution in [0.25, 0.3) is 0 Å². The molecule has 3 aromatic rings. The molecule has 0 N–H and O–H groups in total. The third kappa shape index (κ3) is 6.96. The van der Waals surface area contributed by atoms with Crippen LogP contribution in [0.15, 0.2) is 72.8 Å². The van der Waals surface area contributed by atoms with Crippen molar-refractivity contribution in [2.75, 3.05) is 0 Å². The molecule has 3 nitrogen and oxygen atoms in total. The molecular weight excluding hydrogens is 379 g/mol. The fourth-order valence-electron chi connectivity index (χ4n) is 2.57. The normalized spacial score (nSPS) is 9.40. The van der Waals surface area contributed by atoms with Gasteiger partial charge in [-0.3, -0.25) is 4.79 Å². The van der Waals surface area contributed by atoms with Crippen molar-refractivity contribution in [1.82, 2.24) is 0 Å². The van der Waals surface area contributed by atoms with Crippen molar-refractivity contribution >= 4 is 11.8 Å². The van der Waals surface area contributed by atoms with Gasteiger partial charge in [0.15, 0.2) is 5.78 Å². The Kier molecular flexibility index (Phi) is 10.8. The number of benzene rings is 3. The van der Waals surface area contributed by atoms with Crippen LogP contribution in [0.1, 0.15) is 66.5 Å². The second-order valence-corrected chi connectivity index (χ2v) is 5.81. The van der Waals surface area contributed by atoms with Crippen LogP contribution >= 0.6 is 0 Å². The number of ketones is 1. The molecule has 4 heteroatoms. The van der Waals surface area contributed by atoms with Crippen molar-refractivity contribution in [3.63, 3.8) is 0 Å². The summed E-state index contributed by atoms with van der Waals surface area (Å²) < 4.78 is 18.8. The predicted molar refractivity (Wildman–Crippen MR) is 120 cm³/mol. The number of carbonyl (C=O) groups excluding carboxylic acids is 2. The van der Waals surface area contributed by atoms with Gasteiger partial charge in [0.1, 0.15) is 11.6 Å². The molecule has 3 rings (SSSR count). The van der Waals surface area contributed by atoms with Crippen LogP contribution in [0.4, 0.5) is 4.39 Å². The predicted octanol–water partition coefficient (Wildman–Crippen LogP) is 6.89. The quantitative estimate of drug-likeness (QED) is 0.262. The third-order valence-corrected chi connectivity index (χ3v) is 3.96. The fourth-order valence-corrected chi connectivity index (χ4v) is 2.57. The van der Waals surface area contributed by atoms with Crippen molar-refractivity contribution in [2.45, 2.75) is 41.0 Å². The second-order valence-electron chi connectivity index (χ2n) is 5.81. The molecule has 0 amide bonds. The number of hydrogen-bond donors (Lipinski definition) is 0. The van der Waals surface area contributed by atoms with Crippen molar-refractivity contribution in [3.8, 4) is 5.75 Å². The topological polar surface area (TPSA) is 43.4 Å². The molecule has 0 aromatic heterocycles. The van der Waals surface area contributed by atoms with Crippen LogP contribution in [0.3, 0.4) is 0 Å². The molecule has 0 spiro atoms. The highest BCUT2D eigenvalue weighted by atomic mass is 19.1. The number of aryl methyl sites for hydroxylation is 1. The van der Waals surface area contributed by atoms with Gasteiger partial charge in [0.2, 0.25) is 0 Å². The Labute approximate surface area is 178 Å². The van der Waals surface area contributed by atoms with E-state index >= 15 is 0 Å². The summed E-state index contributed by atoms with van der Waals surface area (Å²) in [6.45, 7) is 9.88. The Morgan fingerprint density at radius 3 is 1.90 bits per heavy atom. The first kappa shape index (κ1) is 24.8. The Morgan fingerprint density at radius 2 is 1.33 bits per heavy atom. The Balaban J connectivity index is 0.00000106. The van der Waals surface area contributed by atoms with Crippen molar-refractivity contribution in [3.05, 3.63) is 101 Å². The molecule has 30 heavy (non-hydrogen) atoms. The third-order valence-electron chi connectivity index (χ3n) is 3.96. The van der Waals surface area contributed by atoms with Crippen molar-refractivity contribution < 1.29 is 18.7 Å². The summed E-state index contributed by atoms with van der Waals surface area (Å²) in [5.74, 6) is -0.926. The summed E-state index contributed by atoms with van der Waals surface area (Å²) in [7, 11) is 0. The number of halogens is 1. The summed E-state index contributed by atoms with van der Waals surface area (Å²) in [4.78, 5) is 24.6. The monoisotopic (exact) mass is 408 g/mol. The molecule has 0 aliphatic carbocycles. The summed E-state index contributed by atoms with van der Waals surface area (Å²) in [6, 6.07) is 19.4. The zero-order valence-electron chi connectivity index (χ0n) is 18.2. The molecule has 0 unspecified atom stereocenters. The molecular formula is C26H29FO3. The summed E-state index contributed by atoms with van der Waals surface area (Å²) in [5.41, 5.74) is 1.96. The lowest BCUT2D eigenvalue weighted by atomic mass is 10.0. The summed E-state index contributed by atoms with van der Waals surface area (Å²) in [5, 5.41) is 0. The van der Waals surface area contributed by atoms with E-state index in [1.807, 2.05) is 40.7 Å². The SMILES string of the molecule is CC.CC.CCc1cc(F)cc(C(=O)Oc2ccc(C(=O)c3ccccc3)cc2)c1. The summed E-state index contributed by atoms with van der Waals surface area (Å²) >= 11 is 0. The number of esters is 1. The molecule has 0 fully saturated rings. The number of carbonyl (C=O) groups is 2. The maximum absolute atomic E-state index is 13.6. The molecule has 0 atom stereocenters. The van der Waals surface area contributed by atoms with E-state index in [2.05, 4.69) is 0 Å². The summed E-state index contributed by atoms with van der Waals surface area (Å²) in [6.07, 6.45) is 0.619. The zero-order valence-corrected chi connectivity index (χ0v) is 18.2. The van der Waals surface area contributed by atoms with Gasteiger partial charge in [-0.1, -0.05) is 65.0 Å². The van der Waals surface area contributed by atoms with Gasteiger partial charge in [0.25, 0.3) is 0 Å². The first-order valence-corrected chi connectivity index (χ1v) is 10.3. The van der Waals surface area contributed by atoms with Crippen LogP contribution < -0.4 is 4.74 Å². The van der Waals surface area contributed by atoms with E-state index in [0.717, 1.165) is 11.6 Å². The van der Waals surface area contributed by atoms with Gasteiger partial charge in [-0.2, -0.15) is 0 Å². The molecule has 0 heterocycles. The Hall–Kier alpha value is -3.27. The average Bonchev–Trinajstić information content (AvgIpc) is 2.82. The van der Waals surface area contributed by atoms with Gasteiger partial charge in [0.05, 0.1) is 5.56 Å². The second kappa shape index (κ2) is 13.0. The standard InChI is InChI=1S/C22H17FO3.2C2H6/c1-2-15-12-18(14-19(23)13-15)22(25)26-20-10-8-17(9-11-20)21(24)16-6-4-3-5-7-16;2*1-2/h3-14H,2H2,1H3;2*1-2H3. The minimum Gasteiger partial charge on any atom is -0.423 e. The lowest BCUT2D eigenvalue weighted by molar-refractivity contribution is 0.0734. The number of hydrogen-bond acceptors (Lipinski definition) is 3. The number of ether oxygens (including phenoxy) is 1. The molecule has 3 aromatic carbocycles. The highest BCUT2D eigenvalue weighted by Crippen LogP contribution is 2.18. The van der Waals surface area contributed by atoms with E-state index in [-0.39, 0.29) is 11.3 Å². The van der Waals surface area contributed by atoms with Gasteiger partial charge in [0, 0.05) is 11.1 Å². The first-order chi connectivity index (χ1) is 14.6. The maximum atomic E-state index is 13.6. The minimum atomic E-state index is -0.638. The van der Waals surface area contributed by atoms with Crippen molar-refractivity contribution in [1.29, 1.82) is 0 Å². The van der Waals surface area contributed by atoms with E-state index in [0.29, 0.717) is 23.3 Å². The molecule has 0 bridgehead atoms. The highest BCUT2D eigenvalue weighted by Gasteiger charge is 2.13. The molecule has 0 saturated carbocycles. The van der Waals surface area contributed by atoms with E-state index in [1.54, 1.807) is 54.6 Å². The fraction of sp³-hybridized carbons (Fsp3) is 0.231. The molecule has 0 saturated heterocycles. The minimum absolute atomic E-state index is 0.110.